The average molecular weight is 274 g/mol. The summed E-state index contributed by atoms with van der Waals surface area (Å²) in [6, 6.07) is 8.09. The van der Waals surface area contributed by atoms with Crippen LogP contribution in [0.5, 0.6) is 0 Å². The number of para-hydroxylation sites is 2. The number of hydrogen-bond acceptors (Lipinski definition) is 2. The number of aromatic nitrogens is 2. The van der Waals surface area contributed by atoms with E-state index >= 15 is 0 Å². The zero-order chi connectivity index (χ0) is 14.7. The smallest absolute Gasteiger partial charge is 0.306 e. The second kappa shape index (κ2) is 6.07. The Morgan fingerprint density at radius 2 is 2.05 bits per heavy atom. The number of imidazole rings is 1. The van der Waals surface area contributed by atoms with Gasteiger partial charge in [0.15, 0.2) is 0 Å². The molecule has 0 aliphatic rings. The van der Waals surface area contributed by atoms with Crippen LogP contribution >= 0.6 is 0 Å². The number of carbonyl (C=O) groups is 1. The molecule has 1 heterocycles. The Bertz CT molecular complexity index is 604. The molecule has 20 heavy (non-hydrogen) atoms. The molecule has 1 N–H and O–H groups in total. The Balaban J connectivity index is 2.33. The van der Waals surface area contributed by atoms with Crippen molar-refractivity contribution < 1.29 is 9.90 Å². The van der Waals surface area contributed by atoms with E-state index in [9.17, 15) is 4.79 Å². The van der Waals surface area contributed by atoms with Crippen LogP contribution in [-0.4, -0.2) is 20.6 Å². The van der Waals surface area contributed by atoms with Gasteiger partial charge in [0.1, 0.15) is 5.82 Å². The quantitative estimate of drug-likeness (QED) is 0.879. The van der Waals surface area contributed by atoms with Crippen LogP contribution in [0.4, 0.5) is 0 Å². The summed E-state index contributed by atoms with van der Waals surface area (Å²) < 4.78 is 2.22. The van der Waals surface area contributed by atoms with Crippen molar-refractivity contribution >= 4 is 17.0 Å². The lowest BCUT2D eigenvalue weighted by Crippen LogP contribution is -2.21. The van der Waals surface area contributed by atoms with E-state index in [4.69, 9.17) is 5.11 Å². The van der Waals surface area contributed by atoms with Gasteiger partial charge in [0, 0.05) is 13.0 Å². The van der Waals surface area contributed by atoms with Crippen molar-refractivity contribution in [3.05, 3.63) is 30.1 Å². The van der Waals surface area contributed by atoms with Gasteiger partial charge in [-0.25, -0.2) is 4.98 Å². The van der Waals surface area contributed by atoms with Gasteiger partial charge in [-0.2, -0.15) is 0 Å². The highest BCUT2D eigenvalue weighted by molar-refractivity contribution is 5.76. The molecule has 0 aliphatic heterocycles. The van der Waals surface area contributed by atoms with Crippen molar-refractivity contribution in [2.45, 2.75) is 40.2 Å². The lowest BCUT2D eigenvalue weighted by atomic mass is 9.93. The third-order valence-electron chi connectivity index (χ3n) is 3.93. The monoisotopic (exact) mass is 274 g/mol. The molecule has 108 valence electrons. The first kappa shape index (κ1) is 14.6. The van der Waals surface area contributed by atoms with Crippen LogP contribution in [0.25, 0.3) is 11.0 Å². The lowest BCUT2D eigenvalue weighted by Gasteiger charge is -2.16. The molecular weight excluding hydrogens is 252 g/mol. The third-order valence-corrected chi connectivity index (χ3v) is 3.93. The van der Waals surface area contributed by atoms with E-state index in [1.807, 2.05) is 25.1 Å². The summed E-state index contributed by atoms with van der Waals surface area (Å²) >= 11 is 0. The van der Waals surface area contributed by atoms with Crippen LogP contribution < -0.4 is 0 Å². The summed E-state index contributed by atoms with van der Waals surface area (Å²) in [4.78, 5) is 15.8. The molecule has 0 fully saturated rings. The molecule has 0 saturated heterocycles. The van der Waals surface area contributed by atoms with Gasteiger partial charge in [-0.3, -0.25) is 4.79 Å². The van der Waals surface area contributed by atoms with Crippen molar-refractivity contribution in [1.82, 2.24) is 9.55 Å². The summed E-state index contributed by atoms with van der Waals surface area (Å²) in [6.07, 6.45) is 1.73. The number of nitrogens with zero attached hydrogens (tertiary/aromatic N) is 2. The summed E-state index contributed by atoms with van der Waals surface area (Å²) in [5.41, 5.74) is 2.13. The molecule has 1 aromatic heterocycles. The van der Waals surface area contributed by atoms with E-state index in [1.54, 1.807) is 6.92 Å². The van der Waals surface area contributed by atoms with Crippen LogP contribution in [0.15, 0.2) is 24.3 Å². The molecule has 0 saturated carbocycles. The first-order chi connectivity index (χ1) is 9.54. The first-order valence-corrected chi connectivity index (χ1v) is 7.21. The topological polar surface area (TPSA) is 55.1 Å². The molecule has 0 aliphatic carbocycles. The van der Waals surface area contributed by atoms with Crippen LogP contribution in [0.1, 0.15) is 33.0 Å². The van der Waals surface area contributed by atoms with E-state index in [0.29, 0.717) is 6.42 Å². The van der Waals surface area contributed by atoms with Gasteiger partial charge in [0.25, 0.3) is 0 Å². The molecular formula is C16H22N2O2. The van der Waals surface area contributed by atoms with Crippen molar-refractivity contribution in [2.75, 3.05) is 0 Å². The molecule has 2 atom stereocenters. The maximum Gasteiger partial charge on any atom is 0.306 e. The van der Waals surface area contributed by atoms with E-state index in [-0.39, 0.29) is 11.8 Å². The summed E-state index contributed by atoms with van der Waals surface area (Å²) in [5, 5.41) is 9.12. The maximum absolute atomic E-state index is 11.1. The normalized spacial score (nSPS) is 14.3. The maximum atomic E-state index is 11.1. The van der Waals surface area contributed by atoms with Crippen LogP contribution in [0, 0.1) is 11.8 Å². The number of carboxylic acids is 1. The van der Waals surface area contributed by atoms with Gasteiger partial charge in [-0.15, -0.1) is 0 Å². The Morgan fingerprint density at radius 1 is 1.35 bits per heavy atom. The SMILES string of the molecule is CCCn1c(CC(C)C(C)C(=O)O)nc2ccccc21. The fourth-order valence-electron chi connectivity index (χ4n) is 2.46. The number of carboxylic acid groups (broad SMARTS) is 1. The van der Waals surface area contributed by atoms with E-state index < -0.39 is 5.97 Å². The summed E-state index contributed by atoms with van der Waals surface area (Å²) in [6.45, 7) is 6.81. The molecule has 0 amide bonds. The van der Waals surface area contributed by atoms with Gasteiger partial charge >= 0.3 is 5.97 Å². The predicted octanol–water partition coefficient (Wildman–Crippen LogP) is 3.35. The van der Waals surface area contributed by atoms with Crippen LogP contribution in [0.2, 0.25) is 0 Å². The second-order valence-electron chi connectivity index (χ2n) is 5.48. The molecule has 0 radical (unpaired) electrons. The van der Waals surface area contributed by atoms with E-state index in [0.717, 1.165) is 29.8 Å². The molecule has 1 aromatic carbocycles. The van der Waals surface area contributed by atoms with Crippen LogP contribution in [-0.2, 0) is 17.8 Å². The van der Waals surface area contributed by atoms with Crippen molar-refractivity contribution in [1.29, 1.82) is 0 Å². The largest absolute Gasteiger partial charge is 0.481 e. The standard InChI is InChI=1S/C16H22N2O2/c1-4-9-18-14-8-6-5-7-13(14)17-15(18)10-11(2)12(3)16(19)20/h5-8,11-12H,4,9-10H2,1-3H3,(H,19,20). The predicted molar refractivity (Wildman–Crippen MR) is 79.7 cm³/mol. The van der Waals surface area contributed by atoms with Gasteiger partial charge in [-0.1, -0.05) is 32.9 Å². The van der Waals surface area contributed by atoms with Crippen LogP contribution in [0.3, 0.4) is 0 Å². The van der Waals surface area contributed by atoms with Gasteiger partial charge in [0.2, 0.25) is 0 Å². The van der Waals surface area contributed by atoms with Gasteiger partial charge in [0.05, 0.1) is 17.0 Å². The van der Waals surface area contributed by atoms with Gasteiger partial charge in [-0.05, 0) is 24.5 Å². The number of fused-ring (bicyclic) bond motifs is 1. The molecule has 0 spiro atoms. The number of aliphatic carboxylic acids is 1. The number of rotatable bonds is 6. The summed E-state index contributed by atoms with van der Waals surface area (Å²) in [5.74, 6) is -0.0332. The molecule has 2 unspecified atom stereocenters. The van der Waals surface area contributed by atoms with E-state index in [2.05, 4.69) is 22.5 Å². The van der Waals surface area contributed by atoms with Crippen molar-refractivity contribution in [3.63, 3.8) is 0 Å². The Labute approximate surface area is 119 Å². The molecule has 0 bridgehead atoms. The minimum atomic E-state index is -0.740. The average Bonchev–Trinajstić information content (AvgIpc) is 2.76. The molecule has 2 rings (SSSR count). The van der Waals surface area contributed by atoms with Crippen molar-refractivity contribution in [3.8, 4) is 0 Å². The lowest BCUT2D eigenvalue weighted by molar-refractivity contribution is -0.142. The Hall–Kier alpha value is -1.84. The number of benzene rings is 1. The highest BCUT2D eigenvalue weighted by atomic mass is 16.4. The highest BCUT2D eigenvalue weighted by Gasteiger charge is 2.22. The number of aryl methyl sites for hydroxylation is 1. The Morgan fingerprint density at radius 3 is 2.70 bits per heavy atom. The molecule has 2 aromatic rings. The third kappa shape index (κ3) is 2.84. The molecule has 4 heteroatoms. The number of hydrogen-bond donors (Lipinski definition) is 1. The molecule has 4 nitrogen and oxygen atoms in total. The first-order valence-electron chi connectivity index (χ1n) is 7.21. The fourth-order valence-corrected chi connectivity index (χ4v) is 2.46. The zero-order valence-corrected chi connectivity index (χ0v) is 12.3. The summed E-state index contributed by atoms with van der Waals surface area (Å²) in [7, 11) is 0. The van der Waals surface area contributed by atoms with E-state index in [1.165, 1.54) is 0 Å². The van der Waals surface area contributed by atoms with Gasteiger partial charge < -0.3 is 9.67 Å². The van der Waals surface area contributed by atoms with Crippen molar-refractivity contribution in [2.24, 2.45) is 11.8 Å². The second-order valence-corrected chi connectivity index (χ2v) is 5.48. The minimum absolute atomic E-state index is 0.0694. The fraction of sp³-hybridized carbons (Fsp3) is 0.500. The minimum Gasteiger partial charge on any atom is -0.481 e. The zero-order valence-electron chi connectivity index (χ0n) is 12.3. The Kier molecular flexibility index (Phi) is 4.42. The highest BCUT2D eigenvalue weighted by Crippen LogP contribution is 2.22.